The van der Waals surface area contributed by atoms with E-state index in [1.165, 1.54) is 6.92 Å². The minimum absolute atomic E-state index is 0.00185. The van der Waals surface area contributed by atoms with Crippen molar-refractivity contribution >= 4 is 5.91 Å². The number of carbonyl (C=O) groups excluding carboxylic acids is 1. The van der Waals surface area contributed by atoms with Gasteiger partial charge in [0.2, 0.25) is 5.91 Å². The monoisotopic (exact) mass is 195 g/mol. The highest BCUT2D eigenvalue weighted by molar-refractivity contribution is 5.73. The van der Waals surface area contributed by atoms with Crippen LogP contribution < -0.4 is 5.32 Å². The number of allylic oxidation sites excluding steroid dienone is 2. The SMILES string of the molecule is C=C/C=C(\C=C)C(C)NC(C)=O.CC. The minimum Gasteiger partial charge on any atom is -0.350 e. The molecule has 0 rings (SSSR count). The molecule has 1 amide bonds. The Morgan fingerprint density at radius 2 is 1.86 bits per heavy atom. The molecule has 2 nitrogen and oxygen atoms in total. The van der Waals surface area contributed by atoms with Gasteiger partial charge in [0, 0.05) is 6.92 Å². The number of carbonyl (C=O) groups is 1. The summed E-state index contributed by atoms with van der Waals surface area (Å²) in [6, 6.07) is -0.00185. The number of amides is 1. The topological polar surface area (TPSA) is 29.1 Å². The van der Waals surface area contributed by atoms with Crippen molar-refractivity contribution in [2.24, 2.45) is 0 Å². The van der Waals surface area contributed by atoms with Crippen LogP contribution in [0.2, 0.25) is 0 Å². The molecule has 0 fully saturated rings. The fourth-order valence-electron chi connectivity index (χ4n) is 0.913. The van der Waals surface area contributed by atoms with Crippen LogP contribution in [0.3, 0.4) is 0 Å². The predicted octanol–water partition coefficient (Wildman–Crippen LogP) is 2.84. The van der Waals surface area contributed by atoms with E-state index >= 15 is 0 Å². The van der Waals surface area contributed by atoms with Crippen LogP contribution in [0.4, 0.5) is 0 Å². The van der Waals surface area contributed by atoms with E-state index in [1.54, 1.807) is 12.2 Å². The van der Waals surface area contributed by atoms with E-state index in [-0.39, 0.29) is 11.9 Å². The molecule has 0 saturated heterocycles. The lowest BCUT2D eigenvalue weighted by molar-refractivity contribution is -0.119. The van der Waals surface area contributed by atoms with Gasteiger partial charge in [-0.3, -0.25) is 4.79 Å². The van der Waals surface area contributed by atoms with Gasteiger partial charge in [0.1, 0.15) is 0 Å². The highest BCUT2D eigenvalue weighted by Gasteiger charge is 2.04. The second-order valence-corrected chi connectivity index (χ2v) is 2.53. The normalized spacial score (nSPS) is 11.9. The molecule has 80 valence electrons. The van der Waals surface area contributed by atoms with E-state index in [4.69, 9.17) is 0 Å². The zero-order chi connectivity index (χ0) is 11.6. The molecular formula is C12H21NO. The van der Waals surface area contributed by atoms with Crippen LogP contribution in [0.5, 0.6) is 0 Å². The van der Waals surface area contributed by atoms with Crippen molar-refractivity contribution < 1.29 is 4.79 Å². The zero-order valence-electron chi connectivity index (χ0n) is 9.63. The lowest BCUT2D eigenvalue weighted by Crippen LogP contribution is -2.31. The third-order valence-electron chi connectivity index (χ3n) is 1.47. The van der Waals surface area contributed by atoms with Crippen molar-refractivity contribution in [2.45, 2.75) is 33.7 Å². The Labute approximate surface area is 87.4 Å². The lowest BCUT2D eigenvalue weighted by atomic mass is 10.1. The van der Waals surface area contributed by atoms with Crippen LogP contribution in [0.15, 0.2) is 37.0 Å². The van der Waals surface area contributed by atoms with E-state index in [0.29, 0.717) is 0 Å². The van der Waals surface area contributed by atoms with E-state index < -0.39 is 0 Å². The summed E-state index contributed by atoms with van der Waals surface area (Å²) < 4.78 is 0. The second-order valence-electron chi connectivity index (χ2n) is 2.53. The molecule has 0 aromatic heterocycles. The van der Waals surface area contributed by atoms with Gasteiger partial charge >= 0.3 is 0 Å². The Morgan fingerprint density at radius 3 is 2.14 bits per heavy atom. The number of nitrogens with one attached hydrogen (secondary N) is 1. The predicted molar refractivity (Wildman–Crippen MR) is 63.1 cm³/mol. The van der Waals surface area contributed by atoms with Gasteiger partial charge in [0.25, 0.3) is 0 Å². The Bertz CT molecular complexity index is 216. The van der Waals surface area contributed by atoms with Crippen molar-refractivity contribution in [2.75, 3.05) is 0 Å². The molecule has 14 heavy (non-hydrogen) atoms. The van der Waals surface area contributed by atoms with Gasteiger partial charge < -0.3 is 5.32 Å². The standard InChI is InChI=1S/C10H15NO.C2H6/c1-5-7-10(6-2)8(3)11-9(4)12;1-2/h5-8H,1-2H2,3-4H3,(H,11,12);1-2H3/b10-7+;. The number of hydrogen-bond donors (Lipinski definition) is 1. The molecule has 1 unspecified atom stereocenters. The summed E-state index contributed by atoms with van der Waals surface area (Å²) in [6.45, 7) is 14.6. The fraction of sp³-hybridized carbons (Fsp3) is 0.417. The number of hydrogen-bond acceptors (Lipinski definition) is 1. The third kappa shape index (κ3) is 7.35. The molecule has 0 aromatic rings. The van der Waals surface area contributed by atoms with Crippen molar-refractivity contribution in [3.63, 3.8) is 0 Å². The summed E-state index contributed by atoms with van der Waals surface area (Å²) in [5.74, 6) is -0.0423. The smallest absolute Gasteiger partial charge is 0.217 e. The van der Waals surface area contributed by atoms with Crippen molar-refractivity contribution in [1.82, 2.24) is 5.32 Å². The van der Waals surface area contributed by atoms with Gasteiger partial charge in [-0.05, 0) is 12.5 Å². The maximum Gasteiger partial charge on any atom is 0.217 e. The molecule has 0 heterocycles. The minimum atomic E-state index is -0.0423. The van der Waals surface area contributed by atoms with Crippen LogP contribution in [-0.4, -0.2) is 11.9 Å². The molecule has 0 aromatic carbocycles. The average molecular weight is 195 g/mol. The first-order valence-electron chi connectivity index (χ1n) is 4.84. The first kappa shape index (κ1) is 15.2. The molecule has 0 saturated carbocycles. The maximum atomic E-state index is 10.7. The lowest BCUT2D eigenvalue weighted by Gasteiger charge is -2.12. The third-order valence-corrected chi connectivity index (χ3v) is 1.47. The summed E-state index contributed by atoms with van der Waals surface area (Å²) >= 11 is 0. The molecular weight excluding hydrogens is 174 g/mol. The van der Waals surface area contributed by atoms with Gasteiger partial charge in [0.05, 0.1) is 6.04 Å². The van der Waals surface area contributed by atoms with Crippen molar-refractivity contribution in [1.29, 1.82) is 0 Å². The molecule has 0 aliphatic carbocycles. The van der Waals surface area contributed by atoms with E-state index in [0.717, 1.165) is 5.57 Å². The average Bonchev–Trinajstić information content (AvgIpc) is 2.16. The van der Waals surface area contributed by atoms with Gasteiger partial charge in [-0.25, -0.2) is 0 Å². The molecule has 1 N–H and O–H groups in total. The molecule has 0 aliphatic rings. The highest BCUT2D eigenvalue weighted by atomic mass is 16.1. The highest BCUT2D eigenvalue weighted by Crippen LogP contribution is 2.02. The summed E-state index contributed by atoms with van der Waals surface area (Å²) in [5, 5.41) is 2.75. The second kappa shape index (κ2) is 9.78. The first-order chi connectivity index (χ1) is 6.61. The molecule has 0 bridgehead atoms. The Morgan fingerprint density at radius 1 is 1.36 bits per heavy atom. The van der Waals surface area contributed by atoms with E-state index in [2.05, 4.69) is 18.5 Å². The first-order valence-corrected chi connectivity index (χ1v) is 4.84. The Kier molecular flexibility index (Phi) is 10.6. The fourth-order valence-corrected chi connectivity index (χ4v) is 0.913. The van der Waals surface area contributed by atoms with E-state index in [9.17, 15) is 4.79 Å². The van der Waals surface area contributed by atoms with Gasteiger partial charge in [-0.2, -0.15) is 0 Å². The molecule has 0 radical (unpaired) electrons. The van der Waals surface area contributed by atoms with Crippen LogP contribution >= 0.6 is 0 Å². The van der Waals surface area contributed by atoms with Crippen LogP contribution in [-0.2, 0) is 4.79 Å². The van der Waals surface area contributed by atoms with Gasteiger partial charge in [0.15, 0.2) is 0 Å². The Balaban J connectivity index is 0. The van der Waals surface area contributed by atoms with Gasteiger partial charge in [-0.1, -0.05) is 45.2 Å². The van der Waals surface area contributed by atoms with Crippen LogP contribution in [0.1, 0.15) is 27.7 Å². The molecule has 2 heteroatoms. The Hall–Kier alpha value is -1.31. The van der Waals surface area contributed by atoms with Gasteiger partial charge in [-0.15, -0.1) is 0 Å². The number of rotatable bonds is 4. The van der Waals surface area contributed by atoms with Crippen LogP contribution in [0, 0.1) is 0 Å². The molecule has 0 aliphatic heterocycles. The van der Waals surface area contributed by atoms with Crippen LogP contribution in [0.25, 0.3) is 0 Å². The molecule has 1 atom stereocenters. The van der Waals surface area contributed by atoms with Crippen molar-refractivity contribution in [3.8, 4) is 0 Å². The summed E-state index contributed by atoms with van der Waals surface area (Å²) in [4.78, 5) is 10.7. The van der Waals surface area contributed by atoms with E-state index in [1.807, 2.05) is 26.8 Å². The maximum absolute atomic E-state index is 10.7. The quantitative estimate of drug-likeness (QED) is 0.687. The largest absolute Gasteiger partial charge is 0.350 e. The van der Waals surface area contributed by atoms with Crippen molar-refractivity contribution in [3.05, 3.63) is 37.0 Å². The zero-order valence-corrected chi connectivity index (χ0v) is 9.63. The molecule has 0 spiro atoms. The summed E-state index contributed by atoms with van der Waals surface area (Å²) in [6.07, 6.45) is 5.21. The summed E-state index contributed by atoms with van der Waals surface area (Å²) in [5.41, 5.74) is 0.959. The summed E-state index contributed by atoms with van der Waals surface area (Å²) in [7, 11) is 0.